The van der Waals surface area contributed by atoms with Crippen LogP contribution in [-0.4, -0.2) is 37.6 Å². The molecule has 1 amide bonds. The van der Waals surface area contributed by atoms with Crippen molar-refractivity contribution in [3.8, 4) is 11.5 Å². The smallest absolute Gasteiger partial charge is 0.246 e. The summed E-state index contributed by atoms with van der Waals surface area (Å²) in [5.41, 5.74) is 0.911. The van der Waals surface area contributed by atoms with Crippen molar-refractivity contribution in [2.45, 2.75) is 26.2 Å². The second kappa shape index (κ2) is 9.16. The number of carbonyl (C=O) groups excluding carboxylic acids is 1. The molecule has 4 nitrogen and oxygen atoms in total. The summed E-state index contributed by atoms with van der Waals surface area (Å²) in [6, 6.07) is 5.63. The quantitative estimate of drug-likeness (QED) is 0.586. The Bertz CT molecular complexity index is 595. The Hall–Kier alpha value is -2.23. The number of carbonyl (C=O) groups is 1. The number of rotatable bonds is 6. The number of benzene rings is 1. The minimum Gasteiger partial charge on any atom is -0.493 e. The normalized spacial score (nSPS) is 18.2. The maximum Gasteiger partial charge on any atom is 0.246 e. The third-order valence-corrected chi connectivity index (χ3v) is 4.29. The highest BCUT2D eigenvalue weighted by Gasteiger charge is 2.16. The molecule has 4 heteroatoms. The zero-order valence-corrected chi connectivity index (χ0v) is 14.7. The van der Waals surface area contributed by atoms with Gasteiger partial charge >= 0.3 is 0 Å². The predicted octanol–water partition coefficient (Wildman–Crippen LogP) is 3.92. The first kappa shape index (κ1) is 18.1. The number of hydrogen-bond acceptors (Lipinski definition) is 3. The molecule has 1 saturated heterocycles. The zero-order chi connectivity index (χ0) is 17.4. The van der Waals surface area contributed by atoms with Crippen molar-refractivity contribution in [3.63, 3.8) is 0 Å². The standard InChI is InChI=1S/C20H27NO3/c1-4-14-24-18-9-7-17(15-19(18)23-3)8-10-20(22)21-12-5-6-16(2)11-13-21/h4,7-10,15-16H,1,5-6,11-14H2,2-3H3/b10-8-/t16-/m0/s1. The molecule has 1 heterocycles. The lowest BCUT2D eigenvalue weighted by Crippen LogP contribution is -2.30. The fourth-order valence-electron chi connectivity index (χ4n) is 2.81. The van der Waals surface area contributed by atoms with Gasteiger partial charge < -0.3 is 14.4 Å². The number of methoxy groups -OCH3 is 1. The van der Waals surface area contributed by atoms with Crippen LogP contribution in [0.5, 0.6) is 11.5 Å². The van der Waals surface area contributed by atoms with Crippen molar-refractivity contribution in [2.75, 3.05) is 26.8 Å². The molecule has 0 N–H and O–H groups in total. The van der Waals surface area contributed by atoms with Crippen LogP contribution < -0.4 is 9.47 Å². The van der Waals surface area contributed by atoms with Gasteiger partial charge in [0.05, 0.1) is 7.11 Å². The maximum atomic E-state index is 12.4. The van der Waals surface area contributed by atoms with Gasteiger partial charge in [0, 0.05) is 19.2 Å². The molecule has 0 bridgehead atoms. The molecule has 1 fully saturated rings. The lowest BCUT2D eigenvalue weighted by molar-refractivity contribution is -0.125. The highest BCUT2D eigenvalue weighted by atomic mass is 16.5. The fraction of sp³-hybridized carbons (Fsp3) is 0.450. The molecule has 1 atom stereocenters. The van der Waals surface area contributed by atoms with Gasteiger partial charge in [-0.15, -0.1) is 0 Å². The number of nitrogens with zero attached hydrogens (tertiary/aromatic N) is 1. The Morgan fingerprint density at radius 3 is 2.92 bits per heavy atom. The lowest BCUT2D eigenvalue weighted by Gasteiger charge is -2.18. The molecule has 24 heavy (non-hydrogen) atoms. The molecule has 0 aliphatic carbocycles. The van der Waals surface area contributed by atoms with E-state index < -0.39 is 0 Å². The van der Waals surface area contributed by atoms with E-state index in [1.165, 1.54) is 6.42 Å². The highest BCUT2D eigenvalue weighted by molar-refractivity contribution is 5.91. The first-order chi connectivity index (χ1) is 11.6. The first-order valence-electron chi connectivity index (χ1n) is 8.52. The number of ether oxygens (including phenoxy) is 2. The van der Waals surface area contributed by atoms with Crippen LogP contribution in [0.15, 0.2) is 36.9 Å². The Balaban J connectivity index is 2.02. The van der Waals surface area contributed by atoms with Crippen LogP contribution in [0.3, 0.4) is 0 Å². The van der Waals surface area contributed by atoms with Gasteiger partial charge in [-0.05, 0) is 49.0 Å². The van der Waals surface area contributed by atoms with Crippen LogP contribution in [0.25, 0.3) is 6.08 Å². The molecule has 0 saturated carbocycles. The zero-order valence-electron chi connectivity index (χ0n) is 14.7. The van der Waals surface area contributed by atoms with Gasteiger partial charge in [-0.3, -0.25) is 4.79 Å². The Labute approximate surface area is 144 Å². The SMILES string of the molecule is C=CCOc1ccc(/C=C\C(=O)N2CCC[C@H](C)CC2)cc1OC. The van der Waals surface area contributed by atoms with Gasteiger partial charge in [0.25, 0.3) is 0 Å². The molecule has 0 unspecified atom stereocenters. The number of amides is 1. The second-order valence-electron chi connectivity index (χ2n) is 6.20. The Morgan fingerprint density at radius 2 is 2.17 bits per heavy atom. The molecule has 1 aromatic rings. The highest BCUT2D eigenvalue weighted by Crippen LogP contribution is 2.28. The molecule has 0 radical (unpaired) electrons. The van der Waals surface area contributed by atoms with Gasteiger partial charge in [0.15, 0.2) is 11.5 Å². The molecule has 1 aromatic carbocycles. The van der Waals surface area contributed by atoms with Crippen LogP contribution in [-0.2, 0) is 4.79 Å². The second-order valence-corrected chi connectivity index (χ2v) is 6.20. The van der Waals surface area contributed by atoms with E-state index in [9.17, 15) is 4.79 Å². The topological polar surface area (TPSA) is 38.8 Å². The van der Waals surface area contributed by atoms with E-state index in [-0.39, 0.29) is 5.91 Å². The third-order valence-electron chi connectivity index (χ3n) is 4.29. The first-order valence-corrected chi connectivity index (χ1v) is 8.52. The number of likely N-dealkylation sites (tertiary alicyclic amines) is 1. The monoisotopic (exact) mass is 329 g/mol. The molecule has 0 aromatic heterocycles. The van der Waals surface area contributed by atoms with Crippen molar-refractivity contribution in [2.24, 2.45) is 5.92 Å². The van der Waals surface area contributed by atoms with E-state index in [0.717, 1.165) is 31.5 Å². The summed E-state index contributed by atoms with van der Waals surface area (Å²) in [6.07, 6.45) is 8.54. The van der Waals surface area contributed by atoms with Gasteiger partial charge in [-0.2, -0.15) is 0 Å². The predicted molar refractivity (Wildman–Crippen MR) is 97.3 cm³/mol. The van der Waals surface area contributed by atoms with Crippen molar-refractivity contribution in [1.29, 1.82) is 0 Å². The van der Waals surface area contributed by atoms with E-state index >= 15 is 0 Å². The van der Waals surface area contributed by atoms with Gasteiger partial charge in [0.2, 0.25) is 5.91 Å². The van der Waals surface area contributed by atoms with Crippen LogP contribution in [0.2, 0.25) is 0 Å². The van der Waals surface area contributed by atoms with E-state index in [4.69, 9.17) is 9.47 Å². The molecular weight excluding hydrogens is 302 g/mol. The summed E-state index contributed by atoms with van der Waals surface area (Å²) < 4.78 is 10.9. The average Bonchev–Trinajstić information content (AvgIpc) is 2.82. The summed E-state index contributed by atoms with van der Waals surface area (Å²) in [5.74, 6) is 2.10. The lowest BCUT2D eigenvalue weighted by atomic mass is 10.0. The third kappa shape index (κ3) is 5.15. The van der Waals surface area contributed by atoms with E-state index in [1.807, 2.05) is 29.2 Å². The van der Waals surface area contributed by atoms with E-state index in [1.54, 1.807) is 19.3 Å². The van der Waals surface area contributed by atoms with Crippen LogP contribution in [0.1, 0.15) is 31.7 Å². The maximum absolute atomic E-state index is 12.4. The van der Waals surface area contributed by atoms with Crippen molar-refractivity contribution in [1.82, 2.24) is 4.90 Å². The molecule has 2 rings (SSSR count). The van der Waals surface area contributed by atoms with Gasteiger partial charge in [-0.1, -0.05) is 25.6 Å². The number of hydrogen-bond donors (Lipinski definition) is 0. The minimum atomic E-state index is 0.0788. The van der Waals surface area contributed by atoms with Gasteiger partial charge in [-0.25, -0.2) is 0 Å². The Kier molecular flexibility index (Phi) is 6.91. The molecule has 130 valence electrons. The minimum absolute atomic E-state index is 0.0788. The van der Waals surface area contributed by atoms with E-state index in [0.29, 0.717) is 24.0 Å². The van der Waals surface area contributed by atoms with Crippen molar-refractivity contribution < 1.29 is 14.3 Å². The van der Waals surface area contributed by atoms with Crippen molar-refractivity contribution in [3.05, 3.63) is 42.5 Å². The van der Waals surface area contributed by atoms with Crippen LogP contribution >= 0.6 is 0 Å². The van der Waals surface area contributed by atoms with Crippen molar-refractivity contribution >= 4 is 12.0 Å². The molecule has 0 spiro atoms. The van der Waals surface area contributed by atoms with Crippen LogP contribution in [0.4, 0.5) is 0 Å². The summed E-state index contributed by atoms with van der Waals surface area (Å²) in [6.45, 7) is 8.02. The van der Waals surface area contributed by atoms with Crippen LogP contribution in [0, 0.1) is 5.92 Å². The summed E-state index contributed by atoms with van der Waals surface area (Å²) in [4.78, 5) is 14.3. The molecule has 1 aliphatic heterocycles. The molecular formula is C20H27NO3. The van der Waals surface area contributed by atoms with Gasteiger partial charge in [0.1, 0.15) is 6.61 Å². The summed E-state index contributed by atoms with van der Waals surface area (Å²) in [7, 11) is 1.60. The van der Waals surface area contributed by atoms with E-state index in [2.05, 4.69) is 13.5 Å². The largest absolute Gasteiger partial charge is 0.493 e. The summed E-state index contributed by atoms with van der Waals surface area (Å²) >= 11 is 0. The molecule has 1 aliphatic rings. The summed E-state index contributed by atoms with van der Waals surface area (Å²) in [5, 5.41) is 0. The Morgan fingerprint density at radius 1 is 1.33 bits per heavy atom. The average molecular weight is 329 g/mol. The fourth-order valence-corrected chi connectivity index (χ4v) is 2.81.